The first-order valence-corrected chi connectivity index (χ1v) is 11.3. The van der Waals surface area contributed by atoms with E-state index in [1.807, 2.05) is 0 Å². The average molecular weight is 485 g/mol. The fourth-order valence-electron chi connectivity index (χ4n) is 2.70. The third-order valence-electron chi connectivity index (χ3n) is 4.20. The molecular weight excluding hydrogens is 469 g/mol. The largest absolute Gasteiger partial charge is 0.336 e. The molecule has 1 atom stereocenters. The van der Waals surface area contributed by atoms with Crippen molar-refractivity contribution >= 4 is 56.4 Å². The molecule has 3 rings (SSSR count). The number of aromatic nitrogens is 1. The van der Waals surface area contributed by atoms with Crippen LogP contribution in [0.4, 0.5) is 10.5 Å². The Morgan fingerprint density at radius 1 is 1.00 bits per heavy atom. The van der Waals surface area contributed by atoms with Gasteiger partial charge >= 0.3 is 6.03 Å². The van der Waals surface area contributed by atoms with Crippen molar-refractivity contribution in [3.05, 3.63) is 87.6 Å². The second-order valence-corrected chi connectivity index (χ2v) is 9.62. The Kier molecular flexibility index (Phi) is 7.20. The van der Waals surface area contributed by atoms with Crippen molar-refractivity contribution in [3.63, 3.8) is 0 Å². The summed E-state index contributed by atoms with van der Waals surface area (Å²) in [6, 6.07) is 13.2. The van der Waals surface area contributed by atoms with E-state index in [1.165, 1.54) is 36.5 Å². The lowest BCUT2D eigenvalue weighted by molar-refractivity contribution is 0.252. The number of amides is 2. The molecule has 0 spiro atoms. The van der Waals surface area contributed by atoms with Crippen LogP contribution in [0.5, 0.6) is 0 Å². The number of pyridine rings is 1. The zero-order valence-corrected chi connectivity index (χ0v) is 18.4. The lowest BCUT2D eigenvalue weighted by Crippen LogP contribution is -2.35. The average Bonchev–Trinajstić information content (AvgIpc) is 2.72. The lowest BCUT2D eigenvalue weighted by atomic mass is 10.2. The van der Waals surface area contributed by atoms with E-state index in [4.69, 9.17) is 34.8 Å². The summed E-state index contributed by atoms with van der Waals surface area (Å²) in [6.45, 7) is -0.177. The summed E-state index contributed by atoms with van der Waals surface area (Å²) in [5.74, 6) is 0. The predicted molar refractivity (Wildman–Crippen MR) is 119 cm³/mol. The predicted octanol–water partition coefficient (Wildman–Crippen LogP) is 5.38. The number of nitrogens with zero attached hydrogens (tertiary/aromatic N) is 1. The number of urea groups is 1. The Morgan fingerprint density at radius 2 is 1.73 bits per heavy atom. The smallest absolute Gasteiger partial charge is 0.319 e. The summed E-state index contributed by atoms with van der Waals surface area (Å²) < 4.78 is 26.4. The minimum absolute atomic E-state index is 0.0902. The molecule has 0 saturated carbocycles. The number of anilines is 1. The molecule has 3 aromatic rings. The number of nitrogens with one attached hydrogen (secondary N) is 2. The molecule has 0 aliphatic carbocycles. The molecule has 0 aliphatic rings. The third-order valence-corrected chi connectivity index (χ3v) is 7.31. The first kappa shape index (κ1) is 22.4. The van der Waals surface area contributed by atoms with Crippen molar-refractivity contribution in [3.8, 4) is 0 Å². The summed E-state index contributed by atoms with van der Waals surface area (Å²) in [4.78, 5) is 16.4. The molecule has 2 amide bonds. The molecule has 1 heterocycles. The molecule has 0 bridgehead atoms. The van der Waals surface area contributed by atoms with E-state index >= 15 is 0 Å². The highest BCUT2D eigenvalue weighted by atomic mass is 35.5. The maximum atomic E-state index is 13.2. The first-order valence-electron chi connectivity index (χ1n) is 8.66. The number of halogens is 3. The van der Waals surface area contributed by atoms with Gasteiger partial charge in [-0.15, -0.1) is 0 Å². The fraction of sp³-hybridized carbons (Fsp3) is 0.100. The van der Waals surface area contributed by atoms with Gasteiger partial charge in [0, 0.05) is 29.6 Å². The maximum absolute atomic E-state index is 13.2. The van der Waals surface area contributed by atoms with Gasteiger partial charge in [0.05, 0.1) is 14.9 Å². The molecule has 1 unspecified atom stereocenters. The Labute approximate surface area is 189 Å². The van der Waals surface area contributed by atoms with E-state index in [0.29, 0.717) is 21.3 Å². The molecule has 1 aromatic heterocycles. The third kappa shape index (κ3) is 5.43. The highest BCUT2D eigenvalue weighted by Crippen LogP contribution is 2.29. The summed E-state index contributed by atoms with van der Waals surface area (Å²) in [7, 11) is -3.83. The number of carbonyl (C=O) groups excluding carboxylic acids is 1. The lowest BCUT2D eigenvalue weighted by Gasteiger charge is -2.19. The first-order chi connectivity index (χ1) is 14.3. The van der Waals surface area contributed by atoms with Crippen molar-refractivity contribution in [2.24, 2.45) is 0 Å². The van der Waals surface area contributed by atoms with Crippen LogP contribution in [0.3, 0.4) is 0 Å². The van der Waals surface area contributed by atoms with Gasteiger partial charge in [0.1, 0.15) is 5.25 Å². The molecule has 2 N–H and O–H groups in total. The van der Waals surface area contributed by atoms with Gasteiger partial charge < -0.3 is 10.6 Å². The summed E-state index contributed by atoms with van der Waals surface area (Å²) in [6.07, 6.45) is 3.00. The fourth-order valence-corrected chi connectivity index (χ4v) is 4.76. The topological polar surface area (TPSA) is 88.2 Å². The number of hydrogen-bond donors (Lipinski definition) is 2. The van der Waals surface area contributed by atoms with Gasteiger partial charge in [-0.1, -0.05) is 40.9 Å². The van der Waals surface area contributed by atoms with Crippen molar-refractivity contribution in [2.45, 2.75) is 10.1 Å². The number of rotatable bonds is 6. The molecule has 30 heavy (non-hydrogen) atoms. The Balaban J connectivity index is 1.80. The van der Waals surface area contributed by atoms with Gasteiger partial charge in [0.2, 0.25) is 0 Å². The zero-order chi connectivity index (χ0) is 21.7. The number of hydrogen-bond acceptors (Lipinski definition) is 4. The van der Waals surface area contributed by atoms with E-state index in [9.17, 15) is 13.2 Å². The van der Waals surface area contributed by atoms with E-state index < -0.39 is 21.1 Å². The van der Waals surface area contributed by atoms with Gasteiger partial charge in [-0.2, -0.15) is 0 Å². The molecule has 0 aliphatic heterocycles. The van der Waals surface area contributed by atoms with E-state index in [1.54, 1.807) is 30.5 Å². The normalized spacial score (nSPS) is 12.2. The van der Waals surface area contributed by atoms with Crippen LogP contribution in [0, 0.1) is 0 Å². The van der Waals surface area contributed by atoms with Crippen LogP contribution in [0.15, 0.2) is 71.9 Å². The second-order valence-electron chi connectivity index (χ2n) is 6.24. The van der Waals surface area contributed by atoms with Crippen LogP contribution in [0.1, 0.15) is 10.8 Å². The van der Waals surface area contributed by atoms with Crippen LogP contribution < -0.4 is 10.6 Å². The van der Waals surface area contributed by atoms with Gasteiger partial charge in [-0.3, -0.25) is 4.98 Å². The molecule has 6 nitrogen and oxygen atoms in total. The monoisotopic (exact) mass is 483 g/mol. The molecule has 0 radical (unpaired) electrons. The molecular formula is C20H16Cl3N3O3S. The van der Waals surface area contributed by atoms with Crippen LogP contribution in [-0.4, -0.2) is 26.0 Å². The van der Waals surface area contributed by atoms with Crippen LogP contribution >= 0.6 is 34.8 Å². The van der Waals surface area contributed by atoms with E-state index in [0.717, 1.165) is 0 Å². The Morgan fingerprint density at radius 3 is 2.37 bits per heavy atom. The Hall–Kier alpha value is -2.32. The van der Waals surface area contributed by atoms with E-state index in [-0.39, 0.29) is 16.5 Å². The Bertz CT molecular complexity index is 1140. The highest BCUT2D eigenvalue weighted by Gasteiger charge is 2.30. The van der Waals surface area contributed by atoms with Crippen LogP contribution in [0.25, 0.3) is 0 Å². The van der Waals surface area contributed by atoms with E-state index in [2.05, 4.69) is 15.6 Å². The standard InChI is InChI=1S/C20H16Cl3N3O3S/c21-14-3-6-16(7-4-14)30(28,29)19(13-2-1-9-24-11-13)12-25-20(27)26-15-5-8-17(22)18(23)10-15/h1-11,19H,12H2,(H2,25,26,27). The summed E-state index contributed by atoms with van der Waals surface area (Å²) >= 11 is 17.7. The van der Waals surface area contributed by atoms with Crippen molar-refractivity contribution in [1.29, 1.82) is 0 Å². The SMILES string of the molecule is O=C(NCC(c1cccnc1)S(=O)(=O)c1ccc(Cl)cc1)Nc1ccc(Cl)c(Cl)c1. The minimum Gasteiger partial charge on any atom is -0.336 e. The minimum atomic E-state index is -3.83. The van der Waals surface area contributed by atoms with Crippen molar-refractivity contribution < 1.29 is 13.2 Å². The highest BCUT2D eigenvalue weighted by molar-refractivity contribution is 7.91. The zero-order valence-electron chi connectivity index (χ0n) is 15.3. The molecule has 0 fully saturated rings. The second kappa shape index (κ2) is 9.66. The maximum Gasteiger partial charge on any atom is 0.319 e. The van der Waals surface area contributed by atoms with Gasteiger partial charge in [-0.25, -0.2) is 13.2 Å². The molecule has 10 heteroatoms. The number of carbonyl (C=O) groups is 1. The van der Waals surface area contributed by atoms with Crippen LogP contribution in [0.2, 0.25) is 15.1 Å². The summed E-state index contributed by atoms with van der Waals surface area (Å²) in [5, 5.41) is 5.20. The van der Waals surface area contributed by atoms with Gasteiger partial charge in [-0.05, 0) is 54.1 Å². The number of sulfone groups is 1. The quantitative estimate of drug-likeness (QED) is 0.492. The van der Waals surface area contributed by atoms with Gasteiger partial charge in [0.15, 0.2) is 9.84 Å². The molecule has 0 saturated heterocycles. The molecule has 156 valence electrons. The van der Waals surface area contributed by atoms with Crippen molar-refractivity contribution in [1.82, 2.24) is 10.3 Å². The van der Waals surface area contributed by atoms with Gasteiger partial charge in [0.25, 0.3) is 0 Å². The van der Waals surface area contributed by atoms with Crippen LogP contribution in [-0.2, 0) is 9.84 Å². The summed E-state index contributed by atoms with van der Waals surface area (Å²) in [5.41, 5.74) is 0.864. The molecule has 2 aromatic carbocycles. The number of benzene rings is 2. The van der Waals surface area contributed by atoms with Crippen molar-refractivity contribution in [2.75, 3.05) is 11.9 Å².